The third kappa shape index (κ3) is 9.04. The number of halogens is 11. The summed E-state index contributed by atoms with van der Waals surface area (Å²) in [4.78, 5) is 18.6. The van der Waals surface area contributed by atoms with Gasteiger partial charge >= 0.3 is 12.4 Å². The van der Waals surface area contributed by atoms with E-state index in [-0.39, 0.29) is 62.4 Å². The van der Waals surface area contributed by atoms with E-state index in [9.17, 15) is 56.8 Å². The van der Waals surface area contributed by atoms with Crippen LogP contribution >= 0.6 is 11.6 Å². The largest absolute Gasteiger partial charge is 0.435 e. The van der Waals surface area contributed by atoms with Gasteiger partial charge in [0.25, 0.3) is 5.92 Å². The summed E-state index contributed by atoms with van der Waals surface area (Å²) in [6, 6.07) is 5.36. The van der Waals surface area contributed by atoms with E-state index >= 15 is 8.78 Å². The number of nitrogens with one attached hydrogen (secondary N) is 2. The van der Waals surface area contributed by atoms with Gasteiger partial charge in [0.1, 0.15) is 40.9 Å². The molecule has 1 amide bonds. The van der Waals surface area contributed by atoms with Crippen LogP contribution in [0.2, 0.25) is 5.02 Å². The molecule has 2 fully saturated rings. The van der Waals surface area contributed by atoms with Gasteiger partial charge in [0.15, 0.2) is 21.3 Å². The van der Waals surface area contributed by atoms with Crippen LogP contribution in [0.15, 0.2) is 42.5 Å². The fourth-order valence-corrected chi connectivity index (χ4v) is 9.76. The normalized spacial score (nSPS) is 18.6. The number of carbonyl (C=O) groups excluding carboxylic acids is 1. The Balaban J connectivity index is 1.33. The molecule has 2 N–H and O–H groups in total. The Morgan fingerprint density at radius 2 is 1.61 bits per heavy atom. The van der Waals surface area contributed by atoms with Crippen LogP contribution in [-0.4, -0.2) is 69.7 Å². The second kappa shape index (κ2) is 15.9. The van der Waals surface area contributed by atoms with Gasteiger partial charge in [-0.3, -0.25) is 18.9 Å². The number of sulfonamides is 1. The topological polar surface area (TPSA) is 158 Å². The monoisotopic (exact) mass is 993 g/mol. The lowest BCUT2D eigenvalue weighted by Crippen LogP contribution is -2.35. The molecule has 12 nitrogen and oxygen atoms in total. The number of pyridine rings is 1. The van der Waals surface area contributed by atoms with Crippen LogP contribution in [0.3, 0.4) is 0 Å². The van der Waals surface area contributed by atoms with Crippen molar-refractivity contribution in [2.45, 2.75) is 92.9 Å². The first kappa shape index (κ1) is 47.1. The predicted octanol–water partition coefficient (Wildman–Crippen LogP) is 8.20. The molecule has 3 aliphatic rings. The van der Waals surface area contributed by atoms with Crippen molar-refractivity contribution in [3.63, 3.8) is 0 Å². The Hall–Kier alpha value is -5.41. The SMILES string of the molecule is CC(C)(C#Cc1ccc(-c2ccc(Cl)c3c(NS(=O)(=O)C4CC4)nn(CC(F)(F)F)c23)c([C@H](Cc2cc(F)cc(F)c2)NC(=O)Cn2nc(C(F)(F)F)c3c2C(F)(F)[C@@H]2C[C@H]32)n1)S(C)(=O)=O. The Labute approximate surface area is 374 Å². The standard InChI is InChI=1S/C41H34ClF10N7O5S2/c1-38(2,65(3,61)62)11-10-22-4-7-24(25-8-9-28(42)32-34(25)59(18-39(45,46)47)56-37(32)57-66(63,64)23-5-6-23)33(53-22)29(14-19-12-20(43)15-21(44)13-19)54-30(60)17-58-36-31(35(55-58)41(50,51)52)26-16-27(26)40(36,48)49/h4,7-9,12-13,15,23,26-27,29H,5-6,14,16-18H2,1-3H3,(H,54,60)(H,56,57)/t26-,27+,29-/m0/s1. The second-order valence-electron chi connectivity index (χ2n) is 16.9. The summed E-state index contributed by atoms with van der Waals surface area (Å²) in [7, 11) is -8.02. The van der Waals surface area contributed by atoms with Crippen molar-refractivity contribution in [2.75, 3.05) is 11.0 Å². The zero-order valence-electron chi connectivity index (χ0n) is 34.3. The van der Waals surface area contributed by atoms with E-state index in [1.54, 1.807) is 0 Å². The predicted molar refractivity (Wildman–Crippen MR) is 218 cm³/mol. The third-order valence-electron chi connectivity index (χ3n) is 11.5. The molecule has 3 aromatic heterocycles. The number of sulfone groups is 1. The van der Waals surface area contributed by atoms with Gasteiger partial charge in [-0.2, -0.15) is 45.3 Å². The van der Waals surface area contributed by atoms with Crippen LogP contribution < -0.4 is 10.0 Å². The average Bonchev–Trinajstić information content (AvgIpc) is 4.10. The average molecular weight is 994 g/mol. The molecule has 0 saturated heterocycles. The van der Waals surface area contributed by atoms with Gasteiger partial charge in [-0.25, -0.2) is 30.6 Å². The second-order valence-corrected chi connectivity index (χ2v) is 21.8. The minimum Gasteiger partial charge on any atom is -0.346 e. The summed E-state index contributed by atoms with van der Waals surface area (Å²) in [6.07, 6.45) is -9.60. The molecule has 3 aliphatic carbocycles. The Morgan fingerprint density at radius 1 is 0.955 bits per heavy atom. The first-order chi connectivity index (χ1) is 30.4. The fraction of sp³-hybridized carbons (Fsp3) is 0.415. The van der Waals surface area contributed by atoms with Gasteiger partial charge in [-0.1, -0.05) is 23.6 Å². The van der Waals surface area contributed by atoms with Crippen LogP contribution in [0, 0.1) is 29.4 Å². The van der Waals surface area contributed by atoms with Crippen LogP contribution in [-0.2, 0) is 56.3 Å². The number of rotatable bonds is 12. The van der Waals surface area contributed by atoms with Gasteiger partial charge in [-0.05, 0) is 87.3 Å². The minimum absolute atomic E-state index is 0.183. The minimum atomic E-state index is -5.19. The number of anilines is 1. The summed E-state index contributed by atoms with van der Waals surface area (Å²) in [5.41, 5.74) is -5.07. The number of alkyl halides is 8. The zero-order chi connectivity index (χ0) is 48.3. The number of carbonyl (C=O) groups is 1. The van der Waals surface area contributed by atoms with E-state index in [4.69, 9.17) is 11.6 Å². The van der Waals surface area contributed by atoms with E-state index in [2.05, 4.69) is 37.1 Å². The van der Waals surface area contributed by atoms with E-state index in [0.717, 1.165) is 18.4 Å². The highest BCUT2D eigenvalue weighted by Gasteiger charge is 2.68. The maximum atomic E-state index is 15.5. The molecule has 5 aromatic rings. The van der Waals surface area contributed by atoms with Gasteiger partial charge in [-0.15, -0.1) is 0 Å². The van der Waals surface area contributed by atoms with Crippen molar-refractivity contribution in [2.24, 2.45) is 5.92 Å². The lowest BCUT2D eigenvalue weighted by Gasteiger charge is -2.23. The van der Waals surface area contributed by atoms with Crippen molar-refractivity contribution in [3.05, 3.63) is 93.0 Å². The molecule has 0 unspecified atom stereocenters. The molecule has 0 aliphatic heterocycles. The first-order valence-corrected chi connectivity index (χ1v) is 23.6. The highest BCUT2D eigenvalue weighted by Crippen LogP contribution is 2.68. The summed E-state index contributed by atoms with van der Waals surface area (Å²) < 4.78 is 198. The number of aromatic nitrogens is 5. The van der Waals surface area contributed by atoms with Gasteiger partial charge in [0.2, 0.25) is 15.9 Å². The lowest BCUT2D eigenvalue weighted by atomic mass is 9.93. The van der Waals surface area contributed by atoms with E-state index in [0.29, 0.717) is 10.7 Å². The molecule has 0 radical (unpaired) electrons. The van der Waals surface area contributed by atoms with Crippen molar-refractivity contribution >= 4 is 54.1 Å². The molecule has 8 rings (SSSR count). The van der Waals surface area contributed by atoms with Gasteiger partial charge < -0.3 is 5.32 Å². The van der Waals surface area contributed by atoms with Crippen LogP contribution in [0.1, 0.15) is 79.0 Å². The highest BCUT2D eigenvalue weighted by atomic mass is 35.5. The molecule has 2 saturated carbocycles. The van der Waals surface area contributed by atoms with Gasteiger partial charge in [0, 0.05) is 34.9 Å². The Kier molecular flexibility index (Phi) is 11.3. The van der Waals surface area contributed by atoms with Crippen LogP contribution in [0.25, 0.3) is 22.0 Å². The Bertz CT molecular complexity index is 3120. The van der Waals surface area contributed by atoms with Gasteiger partial charge in [0.05, 0.1) is 32.9 Å². The number of benzene rings is 2. The third-order valence-corrected chi connectivity index (χ3v) is 15.6. The molecule has 2 aromatic carbocycles. The van der Waals surface area contributed by atoms with E-state index in [1.165, 1.54) is 38.1 Å². The number of hydrogen-bond acceptors (Lipinski definition) is 8. The quantitative estimate of drug-likeness (QED) is 0.0936. The smallest absolute Gasteiger partial charge is 0.346 e. The van der Waals surface area contributed by atoms with E-state index < -0.39 is 131 Å². The molecule has 0 spiro atoms. The zero-order valence-corrected chi connectivity index (χ0v) is 36.7. The van der Waals surface area contributed by atoms with Crippen molar-refractivity contribution in [1.29, 1.82) is 0 Å². The molecule has 3 heterocycles. The van der Waals surface area contributed by atoms with Crippen molar-refractivity contribution in [1.82, 2.24) is 29.9 Å². The fourth-order valence-electron chi connectivity index (χ4n) is 7.94. The summed E-state index contributed by atoms with van der Waals surface area (Å²) in [6.45, 7) is -0.516. The lowest BCUT2D eigenvalue weighted by molar-refractivity contribution is -0.142. The first-order valence-electron chi connectivity index (χ1n) is 19.8. The molecule has 352 valence electrons. The molecule has 3 atom stereocenters. The van der Waals surface area contributed by atoms with E-state index in [1.807, 2.05) is 0 Å². The molecular formula is C41H34ClF10N7O5S2. The van der Waals surface area contributed by atoms with Crippen molar-refractivity contribution in [3.8, 4) is 23.0 Å². The van der Waals surface area contributed by atoms with Crippen LogP contribution in [0.4, 0.5) is 49.7 Å². The highest BCUT2D eigenvalue weighted by molar-refractivity contribution is 7.93. The number of nitrogens with zero attached hydrogens (tertiary/aromatic N) is 5. The number of amides is 1. The number of fused-ring (bicyclic) bond motifs is 4. The molecule has 25 heteroatoms. The molecule has 0 bridgehead atoms. The summed E-state index contributed by atoms with van der Waals surface area (Å²) in [5.74, 6) is -5.32. The summed E-state index contributed by atoms with van der Waals surface area (Å²) >= 11 is 6.55. The maximum Gasteiger partial charge on any atom is 0.435 e. The van der Waals surface area contributed by atoms with Crippen molar-refractivity contribution < 1.29 is 65.5 Å². The maximum absolute atomic E-state index is 15.5. The summed E-state index contributed by atoms with van der Waals surface area (Å²) in [5, 5.41) is 8.35. The van der Waals surface area contributed by atoms with Crippen LogP contribution in [0.5, 0.6) is 0 Å². The molecule has 66 heavy (non-hydrogen) atoms. The Morgan fingerprint density at radius 3 is 2.21 bits per heavy atom. The molecular weight excluding hydrogens is 960 g/mol. The number of hydrogen-bond donors (Lipinski definition) is 2.